The zero-order valence-corrected chi connectivity index (χ0v) is 14.0. The Hall–Kier alpha value is -3.15. The third-order valence-electron chi connectivity index (χ3n) is 3.31. The molecule has 0 fully saturated rings. The third-order valence-corrected chi connectivity index (χ3v) is 3.31. The molecule has 0 aromatic heterocycles. The van der Waals surface area contributed by atoms with Crippen molar-refractivity contribution in [3.05, 3.63) is 65.7 Å². The maximum Gasteiger partial charge on any atom is 0.321 e. The van der Waals surface area contributed by atoms with E-state index < -0.39 is 11.9 Å². The van der Waals surface area contributed by atoms with Crippen LogP contribution in [0.25, 0.3) is 0 Å². The van der Waals surface area contributed by atoms with E-state index in [0.717, 1.165) is 6.42 Å². The zero-order valence-electron chi connectivity index (χ0n) is 14.0. The monoisotopic (exact) mass is 340 g/mol. The zero-order chi connectivity index (χ0) is 18.1. The van der Waals surface area contributed by atoms with E-state index in [2.05, 4.69) is 10.6 Å². The molecule has 0 radical (unpaired) electrons. The number of imide groups is 1. The SMILES string of the molecule is CCCNC(=O)NC(=O)COc1ccc(C(=O)c2ccccc2)cc1. The van der Waals surface area contributed by atoms with Gasteiger partial charge >= 0.3 is 6.03 Å². The fraction of sp³-hybridized carbons (Fsp3) is 0.211. The molecule has 0 unspecified atom stereocenters. The quantitative estimate of drug-likeness (QED) is 0.759. The highest BCUT2D eigenvalue weighted by Crippen LogP contribution is 2.15. The molecule has 2 aromatic carbocycles. The van der Waals surface area contributed by atoms with Crippen molar-refractivity contribution in [2.75, 3.05) is 13.2 Å². The van der Waals surface area contributed by atoms with Gasteiger partial charge in [0.1, 0.15) is 5.75 Å². The Balaban J connectivity index is 1.85. The number of ether oxygens (including phenoxy) is 1. The van der Waals surface area contributed by atoms with Crippen molar-refractivity contribution in [3.63, 3.8) is 0 Å². The van der Waals surface area contributed by atoms with Crippen LogP contribution in [0.1, 0.15) is 29.3 Å². The van der Waals surface area contributed by atoms with Crippen LogP contribution in [0.15, 0.2) is 54.6 Å². The minimum absolute atomic E-state index is 0.0857. The Morgan fingerprint density at radius 2 is 1.56 bits per heavy atom. The van der Waals surface area contributed by atoms with Crippen LogP contribution >= 0.6 is 0 Å². The van der Waals surface area contributed by atoms with Gasteiger partial charge in [-0.05, 0) is 30.7 Å². The molecular weight excluding hydrogens is 320 g/mol. The summed E-state index contributed by atoms with van der Waals surface area (Å²) in [4.78, 5) is 35.2. The van der Waals surface area contributed by atoms with Crippen molar-refractivity contribution in [2.24, 2.45) is 0 Å². The minimum atomic E-state index is -0.543. The number of ketones is 1. The van der Waals surface area contributed by atoms with Crippen LogP contribution in [0.4, 0.5) is 4.79 Å². The molecule has 0 bridgehead atoms. The molecule has 0 saturated heterocycles. The molecule has 0 saturated carbocycles. The third kappa shape index (κ3) is 5.76. The number of nitrogens with one attached hydrogen (secondary N) is 2. The summed E-state index contributed by atoms with van der Waals surface area (Å²) in [5.41, 5.74) is 1.13. The number of amides is 3. The molecule has 0 aliphatic heterocycles. The smallest absolute Gasteiger partial charge is 0.321 e. The Morgan fingerprint density at radius 3 is 2.20 bits per heavy atom. The highest BCUT2D eigenvalue weighted by Gasteiger charge is 2.10. The number of hydrogen-bond donors (Lipinski definition) is 2. The molecule has 0 spiro atoms. The van der Waals surface area contributed by atoms with Crippen molar-refractivity contribution in [1.82, 2.24) is 10.6 Å². The van der Waals surface area contributed by atoms with Crippen molar-refractivity contribution in [2.45, 2.75) is 13.3 Å². The van der Waals surface area contributed by atoms with Gasteiger partial charge in [-0.15, -0.1) is 0 Å². The number of urea groups is 1. The maximum absolute atomic E-state index is 12.3. The van der Waals surface area contributed by atoms with Gasteiger partial charge in [-0.3, -0.25) is 14.9 Å². The summed E-state index contributed by atoms with van der Waals surface area (Å²) in [6.45, 7) is 2.12. The lowest BCUT2D eigenvalue weighted by atomic mass is 10.0. The number of benzene rings is 2. The van der Waals surface area contributed by atoms with Gasteiger partial charge in [0.15, 0.2) is 12.4 Å². The van der Waals surface area contributed by atoms with E-state index in [9.17, 15) is 14.4 Å². The standard InChI is InChI=1S/C19H20N2O4/c1-2-12-20-19(24)21-17(22)13-25-16-10-8-15(9-11-16)18(23)14-6-4-3-5-7-14/h3-11H,2,12-13H2,1H3,(H2,20,21,22,24). The average molecular weight is 340 g/mol. The van der Waals surface area contributed by atoms with Crippen LogP contribution < -0.4 is 15.4 Å². The van der Waals surface area contributed by atoms with Crippen LogP contribution in [-0.2, 0) is 4.79 Å². The molecule has 2 rings (SSSR count). The van der Waals surface area contributed by atoms with Crippen LogP contribution in [0.3, 0.4) is 0 Å². The van der Waals surface area contributed by atoms with E-state index in [1.165, 1.54) is 0 Å². The summed E-state index contributed by atoms with van der Waals surface area (Å²) < 4.78 is 5.31. The highest BCUT2D eigenvalue weighted by molar-refractivity contribution is 6.09. The molecule has 0 heterocycles. The van der Waals surface area contributed by atoms with Gasteiger partial charge < -0.3 is 10.1 Å². The predicted octanol–water partition coefficient (Wildman–Crippen LogP) is 2.53. The second kappa shape index (κ2) is 9.22. The summed E-state index contributed by atoms with van der Waals surface area (Å²) in [7, 11) is 0. The normalized spacial score (nSPS) is 9.96. The second-order valence-corrected chi connectivity index (χ2v) is 5.31. The molecule has 2 aromatic rings. The molecule has 0 atom stereocenters. The first-order valence-electron chi connectivity index (χ1n) is 8.00. The Kier molecular flexibility index (Phi) is 6.71. The van der Waals surface area contributed by atoms with E-state index in [0.29, 0.717) is 23.4 Å². The fourth-order valence-corrected chi connectivity index (χ4v) is 2.05. The fourth-order valence-electron chi connectivity index (χ4n) is 2.05. The van der Waals surface area contributed by atoms with Crippen molar-refractivity contribution < 1.29 is 19.1 Å². The van der Waals surface area contributed by atoms with Gasteiger partial charge in [-0.2, -0.15) is 0 Å². The molecule has 2 N–H and O–H groups in total. The molecule has 6 heteroatoms. The minimum Gasteiger partial charge on any atom is -0.484 e. The van der Waals surface area contributed by atoms with Crippen molar-refractivity contribution in [1.29, 1.82) is 0 Å². The van der Waals surface area contributed by atoms with E-state index in [1.54, 1.807) is 48.5 Å². The van der Waals surface area contributed by atoms with Crippen molar-refractivity contribution >= 4 is 17.7 Å². The maximum atomic E-state index is 12.3. The molecule has 0 aliphatic rings. The molecular formula is C19H20N2O4. The Labute approximate surface area is 146 Å². The van der Waals surface area contributed by atoms with Gasteiger partial charge in [0, 0.05) is 17.7 Å². The summed E-state index contributed by atoms with van der Waals surface area (Å²) in [5.74, 6) is -0.191. The summed E-state index contributed by atoms with van der Waals surface area (Å²) in [5, 5.41) is 4.70. The van der Waals surface area contributed by atoms with Gasteiger partial charge in [-0.1, -0.05) is 37.3 Å². The lowest BCUT2D eigenvalue weighted by Crippen LogP contribution is -2.41. The van der Waals surface area contributed by atoms with Gasteiger partial charge in [0.25, 0.3) is 5.91 Å². The van der Waals surface area contributed by atoms with Crippen LogP contribution in [0, 0.1) is 0 Å². The largest absolute Gasteiger partial charge is 0.484 e. The van der Waals surface area contributed by atoms with Gasteiger partial charge in [-0.25, -0.2) is 4.79 Å². The van der Waals surface area contributed by atoms with Crippen LogP contribution in [0.5, 0.6) is 5.75 Å². The number of carbonyl (C=O) groups is 3. The van der Waals surface area contributed by atoms with Crippen molar-refractivity contribution in [3.8, 4) is 5.75 Å². The first kappa shape index (κ1) is 18.2. The molecule has 0 aliphatic carbocycles. The lowest BCUT2D eigenvalue weighted by Gasteiger charge is -2.08. The van der Waals surface area contributed by atoms with Crippen LogP contribution in [0.2, 0.25) is 0 Å². The summed E-state index contributed by atoms with van der Waals surface area (Å²) in [6.07, 6.45) is 0.784. The number of rotatable bonds is 7. The van der Waals surface area contributed by atoms with Crippen LogP contribution in [-0.4, -0.2) is 30.9 Å². The Morgan fingerprint density at radius 1 is 0.920 bits per heavy atom. The van der Waals surface area contributed by atoms with E-state index >= 15 is 0 Å². The highest BCUT2D eigenvalue weighted by atomic mass is 16.5. The molecule has 6 nitrogen and oxygen atoms in total. The number of carbonyl (C=O) groups excluding carboxylic acids is 3. The lowest BCUT2D eigenvalue weighted by molar-refractivity contribution is -0.122. The first-order chi connectivity index (χ1) is 12.1. The second-order valence-electron chi connectivity index (χ2n) is 5.31. The van der Waals surface area contributed by atoms with E-state index in [-0.39, 0.29) is 12.4 Å². The number of hydrogen-bond acceptors (Lipinski definition) is 4. The average Bonchev–Trinajstić information content (AvgIpc) is 2.65. The van der Waals surface area contributed by atoms with E-state index in [4.69, 9.17) is 4.74 Å². The molecule has 25 heavy (non-hydrogen) atoms. The molecule has 130 valence electrons. The first-order valence-corrected chi connectivity index (χ1v) is 8.00. The Bertz CT molecular complexity index is 727. The van der Waals surface area contributed by atoms with E-state index in [1.807, 2.05) is 13.0 Å². The predicted molar refractivity (Wildman–Crippen MR) is 93.6 cm³/mol. The topological polar surface area (TPSA) is 84.5 Å². The summed E-state index contributed by atoms with van der Waals surface area (Å²) >= 11 is 0. The van der Waals surface area contributed by atoms with Gasteiger partial charge in [0.2, 0.25) is 0 Å². The van der Waals surface area contributed by atoms with Gasteiger partial charge in [0.05, 0.1) is 0 Å². The molecule has 3 amide bonds. The summed E-state index contributed by atoms with van der Waals surface area (Å²) in [6, 6.07) is 14.9.